The number of likely N-dealkylation sites (tertiary alicyclic amines) is 2. The highest BCUT2D eigenvalue weighted by atomic mass is 16.2. The Morgan fingerprint density at radius 1 is 1.07 bits per heavy atom. The van der Waals surface area contributed by atoms with Crippen molar-refractivity contribution in [3.63, 3.8) is 0 Å². The molecule has 2 saturated heterocycles. The molecule has 0 N–H and O–H groups in total. The molecule has 0 spiro atoms. The van der Waals surface area contributed by atoms with Crippen LogP contribution in [0.5, 0.6) is 0 Å². The van der Waals surface area contributed by atoms with Crippen molar-refractivity contribution in [3.8, 4) is 0 Å². The fraction of sp³-hybridized carbons (Fsp3) is 0.917. The third-order valence-electron chi connectivity index (χ3n) is 4.00. The van der Waals surface area contributed by atoms with E-state index in [1.54, 1.807) is 0 Å². The van der Waals surface area contributed by atoms with Crippen LogP contribution in [0.2, 0.25) is 0 Å². The topological polar surface area (TPSA) is 23.6 Å². The monoisotopic (exact) mass is 210 g/mol. The number of hydrogen-bond acceptors (Lipinski definition) is 1. The molecule has 0 aromatic rings. The molecule has 0 radical (unpaired) electrons. The Balaban J connectivity index is 1.98. The number of rotatable bonds is 0. The van der Waals surface area contributed by atoms with Crippen LogP contribution in [0.3, 0.4) is 0 Å². The molecule has 0 aromatic heterocycles. The number of carbonyl (C=O) groups excluding carboxylic acids is 1. The van der Waals surface area contributed by atoms with Crippen molar-refractivity contribution >= 4 is 6.03 Å². The second-order valence-electron chi connectivity index (χ2n) is 5.03. The van der Waals surface area contributed by atoms with E-state index in [9.17, 15) is 4.79 Å². The minimum absolute atomic E-state index is 0.284. The molecule has 0 saturated carbocycles. The van der Waals surface area contributed by atoms with Crippen LogP contribution >= 0.6 is 0 Å². The molecular weight excluding hydrogens is 188 g/mol. The van der Waals surface area contributed by atoms with Crippen LogP contribution in [0.25, 0.3) is 0 Å². The maximum absolute atomic E-state index is 12.2. The Bertz CT molecular complexity index is 236. The quantitative estimate of drug-likeness (QED) is 0.602. The molecule has 86 valence electrons. The van der Waals surface area contributed by atoms with Crippen LogP contribution in [0, 0.1) is 5.92 Å². The molecule has 0 bridgehead atoms. The van der Waals surface area contributed by atoms with Crippen molar-refractivity contribution in [1.29, 1.82) is 0 Å². The predicted molar refractivity (Wildman–Crippen MR) is 60.8 cm³/mol. The second-order valence-corrected chi connectivity index (χ2v) is 5.03. The Morgan fingerprint density at radius 3 is 2.40 bits per heavy atom. The molecule has 2 unspecified atom stereocenters. The normalized spacial score (nSPS) is 32.1. The van der Waals surface area contributed by atoms with E-state index in [-0.39, 0.29) is 6.03 Å². The highest BCUT2D eigenvalue weighted by molar-refractivity contribution is 5.75. The summed E-state index contributed by atoms with van der Waals surface area (Å²) >= 11 is 0. The van der Waals surface area contributed by atoms with Gasteiger partial charge >= 0.3 is 6.03 Å². The third-order valence-corrected chi connectivity index (χ3v) is 4.00. The fourth-order valence-electron chi connectivity index (χ4n) is 2.70. The van der Waals surface area contributed by atoms with Gasteiger partial charge in [0.15, 0.2) is 0 Å². The van der Waals surface area contributed by atoms with Crippen LogP contribution < -0.4 is 0 Å². The second kappa shape index (κ2) is 4.42. The summed E-state index contributed by atoms with van der Waals surface area (Å²) in [4.78, 5) is 16.3. The van der Waals surface area contributed by atoms with Gasteiger partial charge in [0.25, 0.3) is 0 Å². The minimum Gasteiger partial charge on any atom is -0.325 e. The zero-order valence-electron chi connectivity index (χ0n) is 9.91. The zero-order chi connectivity index (χ0) is 10.8. The Labute approximate surface area is 92.4 Å². The molecule has 0 aromatic carbocycles. The van der Waals surface area contributed by atoms with Crippen molar-refractivity contribution < 1.29 is 4.79 Å². The summed E-state index contributed by atoms with van der Waals surface area (Å²) in [6, 6.07) is 0.707. The molecule has 2 fully saturated rings. The van der Waals surface area contributed by atoms with Crippen molar-refractivity contribution in [2.75, 3.05) is 19.6 Å². The molecule has 2 aliphatic rings. The fourth-order valence-corrected chi connectivity index (χ4v) is 2.70. The maximum atomic E-state index is 12.2. The van der Waals surface area contributed by atoms with Crippen LogP contribution in [-0.2, 0) is 0 Å². The highest BCUT2D eigenvalue weighted by Gasteiger charge is 2.31. The van der Waals surface area contributed by atoms with Crippen LogP contribution in [-0.4, -0.2) is 41.5 Å². The van der Waals surface area contributed by atoms with E-state index >= 15 is 0 Å². The van der Waals surface area contributed by atoms with E-state index in [0.29, 0.717) is 12.0 Å². The number of urea groups is 1. The van der Waals surface area contributed by atoms with E-state index in [2.05, 4.69) is 18.7 Å². The number of nitrogens with zero attached hydrogens (tertiary/aromatic N) is 2. The molecule has 2 heterocycles. The largest absolute Gasteiger partial charge is 0.325 e. The summed E-state index contributed by atoms with van der Waals surface area (Å²) in [5, 5.41) is 0. The van der Waals surface area contributed by atoms with Gasteiger partial charge in [-0.3, -0.25) is 0 Å². The molecule has 2 atom stereocenters. The molecule has 3 nitrogen and oxygen atoms in total. The summed E-state index contributed by atoms with van der Waals surface area (Å²) in [6.07, 6.45) is 4.81. The summed E-state index contributed by atoms with van der Waals surface area (Å²) < 4.78 is 0. The van der Waals surface area contributed by atoms with Crippen LogP contribution in [0.4, 0.5) is 4.79 Å². The van der Waals surface area contributed by atoms with Crippen LogP contribution in [0.1, 0.15) is 39.5 Å². The average Bonchev–Trinajstić information content (AvgIpc) is 2.74. The number of amides is 2. The van der Waals surface area contributed by atoms with Crippen molar-refractivity contribution in [2.45, 2.75) is 45.6 Å². The molecule has 3 heteroatoms. The van der Waals surface area contributed by atoms with Crippen molar-refractivity contribution in [1.82, 2.24) is 9.80 Å². The van der Waals surface area contributed by atoms with E-state index in [0.717, 1.165) is 19.6 Å². The van der Waals surface area contributed by atoms with E-state index < -0.39 is 0 Å². The summed E-state index contributed by atoms with van der Waals surface area (Å²) in [7, 11) is 0. The molecule has 0 aliphatic carbocycles. The van der Waals surface area contributed by atoms with Gasteiger partial charge in [0.1, 0.15) is 0 Å². The van der Waals surface area contributed by atoms with Crippen LogP contribution in [0.15, 0.2) is 0 Å². The minimum atomic E-state index is 0.284. The lowest BCUT2D eigenvalue weighted by atomic mass is 9.92. The van der Waals surface area contributed by atoms with Gasteiger partial charge < -0.3 is 9.80 Å². The lowest BCUT2D eigenvalue weighted by molar-refractivity contribution is 0.104. The number of hydrogen-bond donors (Lipinski definition) is 0. The third kappa shape index (κ3) is 2.11. The van der Waals surface area contributed by atoms with Gasteiger partial charge in [-0.1, -0.05) is 6.92 Å². The first-order valence-corrected chi connectivity index (χ1v) is 6.25. The van der Waals surface area contributed by atoms with E-state index in [1.807, 2.05) is 4.90 Å². The van der Waals surface area contributed by atoms with Gasteiger partial charge in [-0.05, 0) is 38.5 Å². The lowest BCUT2D eigenvalue weighted by Crippen LogP contribution is -2.51. The number of piperidine rings is 1. The Kier molecular flexibility index (Phi) is 3.17. The van der Waals surface area contributed by atoms with Gasteiger partial charge in [-0.25, -0.2) is 4.79 Å². The van der Waals surface area contributed by atoms with Crippen molar-refractivity contribution in [2.24, 2.45) is 5.92 Å². The first-order valence-electron chi connectivity index (χ1n) is 6.25. The SMILES string of the molecule is CC1CCCN(C(=O)N2CCCC2)C1C. The molecule has 15 heavy (non-hydrogen) atoms. The van der Waals surface area contributed by atoms with E-state index in [4.69, 9.17) is 0 Å². The number of carbonyl (C=O) groups is 1. The Hall–Kier alpha value is -0.730. The van der Waals surface area contributed by atoms with Gasteiger partial charge in [0, 0.05) is 25.7 Å². The summed E-state index contributed by atoms with van der Waals surface area (Å²) in [6.45, 7) is 7.35. The first kappa shape index (κ1) is 10.8. The predicted octanol–water partition coefficient (Wildman–Crippen LogP) is 2.32. The van der Waals surface area contributed by atoms with E-state index in [1.165, 1.54) is 25.7 Å². The van der Waals surface area contributed by atoms with Gasteiger partial charge in [0.05, 0.1) is 0 Å². The molecule has 2 rings (SSSR count). The summed E-state index contributed by atoms with van der Waals surface area (Å²) in [5.41, 5.74) is 0. The van der Waals surface area contributed by atoms with Crippen molar-refractivity contribution in [3.05, 3.63) is 0 Å². The first-order chi connectivity index (χ1) is 7.20. The van der Waals surface area contributed by atoms with Gasteiger partial charge in [-0.2, -0.15) is 0 Å². The smallest absolute Gasteiger partial charge is 0.320 e. The lowest BCUT2D eigenvalue weighted by Gasteiger charge is -2.39. The molecular formula is C12H22N2O. The molecule has 2 amide bonds. The Morgan fingerprint density at radius 2 is 1.73 bits per heavy atom. The summed E-state index contributed by atoms with van der Waals surface area (Å²) in [5.74, 6) is 0.658. The molecule has 2 aliphatic heterocycles. The standard InChI is InChI=1S/C12H22N2O/c1-10-6-5-9-14(11(10)2)12(15)13-7-3-4-8-13/h10-11H,3-9H2,1-2H3. The van der Waals surface area contributed by atoms with Gasteiger partial charge in [-0.15, -0.1) is 0 Å². The highest BCUT2D eigenvalue weighted by Crippen LogP contribution is 2.24. The zero-order valence-corrected chi connectivity index (χ0v) is 9.91. The van der Waals surface area contributed by atoms with Gasteiger partial charge in [0.2, 0.25) is 0 Å². The maximum Gasteiger partial charge on any atom is 0.320 e. The average molecular weight is 210 g/mol.